The Morgan fingerprint density at radius 3 is 2.75 bits per heavy atom. The number of aryl methyl sites for hydroxylation is 1. The second kappa shape index (κ2) is 4.34. The Morgan fingerprint density at radius 1 is 1.44 bits per heavy atom. The number of benzene rings is 1. The van der Waals surface area contributed by atoms with Crippen LogP contribution in [0, 0.1) is 18.7 Å². The Labute approximate surface area is 94.6 Å². The van der Waals surface area contributed by atoms with Gasteiger partial charge in [-0.25, -0.2) is 4.39 Å². The SMILES string of the molecule is Cc1ccc(C(=O)C2CCCC2N)cc1F. The van der Waals surface area contributed by atoms with E-state index in [4.69, 9.17) is 5.73 Å². The normalized spacial score (nSPS) is 24.7. The molecular weight excluding hydrogens is 205 g/mol. The van der Waals surface area contributed by atoms with E-state index in [1.165, 1.54) is 6.07 Å². The molecule has 2 N–H and O–H groups in total. The lowest BCUT2D eigenvalue weighted by Crippen LogP contribution is -2.30. The van der Waals surface area contributed by atoms with Crippen molar-refractivity contribution >= 4 is 5.78 Å². The summed E-state index contributed by atoms with van der Waals surface area (Å²) in [6, 6.07) is 4.59. The second-order valence-corrected chi connectivity index (χ2v) is 4.53. The molecule has 0 saturated heterocycles. The van der Waals surface area contributed by atoms with E-state index in [0.717, 1.165) is 19.3 Å². The molecule has 0 aliphatic heterocycles. The van der Waals surface area contributed by atoms with Crippen molar-refractivity contribution in [3.05, 3.63) is 35.1 Å². The number of carbonyl (C=O) groups is 1. The maximum atomic E-state index is 13.3. The highest BCUT2D eigenvalue weighted by Crippen LogP contribution is 2.27. The van der Waals surface area contributed by atoms with Crippen LogP contribution in [-0.2, 0) is 0 Å². The minimum atomic E-state index is -0.322. The molecule has 1 aliphatic carbocycles. The second-order valence-electron chi connectivity index (χ2n) is 4.53. The average molecular weight is 221 g/mol. The predicted molar refractivity (Wildman–Crippen MR) is 60.8 cm³/mol. The lowest BCUT2D eigenvalue weighted by Gasteiger charge is -2.14. The standard InChI is InChI=1S/C13H16FNO/c1-8-5-6-9(7-11(8)14)13(16)10-3-2-4-12(10)15/h5-7,10,12H,2-4,15H2,1H3. The van der Waals surface area contributed by atoms with E-state index in [0.29, 0.717) is 11.1 Å². The van der Waals surface area contributed by atoms with Gasteiger partial charge in [0.1, 0.15) is 5.82 Å². The molecule has 0 radical (unpaired) electrons. The van der Waals surface area contributed by atoms with Crippen LogP contribution in [0.2, 0.25) is 0 Å². The van der Waals surface area contributed by atoms with E-state index in [2.05, 4.69) is 0 Å². The molecular formula is C13H16FNO. The van der Waals surface area contributed by atoms with Crippen LogP contribution in [0.1, 0.15) is 35.2 Å². The topological polar surface area (TPSA) is 43.1 Å². The molecule has 0 spiro atoms. The fraction of sp³-hybridized carbons (Fsp3) is 0.462. The maximum Gasteiger partial charge on any atom is 0.167 e. The molecule has 2 unspecified atom stereocenters. The predicted octanol–water partition coefficient (Wildman–Crippen LogP) is 2.44. The van der Waals surface area contributed by atoms with Crippen molar-refractivity contribution in [3.8, 4) is 0 Å². The first-order valence-corrected chi connectivity index (χ1v) is 5.65. The molecule has 0 heterocycles. The first-order valence-electron chi connectivity index (χ1n) is 5.65. The Kier molecular flexibility index (Phi) is 3.06. The quantitative estimate of drug-likeness (QED) is 0.779. The number of hydrogen-bond donors (Lipinski definition) is 1. The number of carbonyl (C=O) groups excluding carboxylic acids is 1. The molecule has 1 fully saturated rings. The summed E-state index contributed by atoms with van der Waals surface area (Å²) in [4.78, 5) is 12.1. The van der Waals surface area contributed by atoms with Crippen LogP contribution in [0.25, 0.3) is 0 Å². The molecule has 86 valence electrons. The summed E-state index contributed by atoms with van der Waals surface area (Å²) in [5, 5.41) is 0. The summed E-state index contributed by atoms with van der Waals surface area (Å²) in [6.07, 6.45) is 2.71. The monoisotopic (exact) mass is 221 g/mol. The van der Waals surface area contributed by atoms with Crippen molar-refractivity contribution in [2.75, 3.05) is 0 Å². The van der Waals surface area contributed by atoms with Crippen LogP contribution in [-0.4, -0.2) is 11.8 Å². The lowest BCUT2D eigenvalue weighted by molar-refractivity contribution is 0.0913. The van der Waals surface area contributed by atoms with Gasteiger partial charge in [-0.05, 0) is 31.4 Å². The fourth-order valence-corrected chi connectivity index (χ4v) is 2.27. The van der Waals surface area contributed by atoms with E-state index < -0.39 is 0 Å². The number of nitrogens with two attached hydrogens (primary N) is 1. The lowest BCUT2D eigenvalue weighted by atomic mass is 9.93. The van der Waals surface area contributed by atoms with Crippen LogP contribution in [0.4, 0.5) is 4.39 Å². The van der Waals surface area contributed by atoms with Gasteiger partial charge in [-0.3, -0.25) is 4.79 Å². The highest BCUT2D eigenvalue weighted by Gasteiger charge is 2.30. The third kappa shape index (κ3) is 2.00. The van der Waals surface area contributed by atoms with E-state index in [9.17, 15) is 9.18 Å². The van der Waals surface area contributed by atoms with Gasteiger partial charge < -0.3 is 5.73 Å². The Hall–Kier alpha value is -1.22. The van der Waals surface area contributed by atoms with Gasteiger partial charge in [-0.15, -0.1) is 0 Å². The Morgan fingerprint density at radius 2 is 2.19 bits per heavy atom. The first-order chi connectivity index (χ1) is 7.59. The Balaban J connectivity index is 2.23. The highest BCUT2D eigenvalue weighted by molar-refractivity contribution is 5.98. The van der Waals surface area contributed by atoms with Gasteiger partial charge in [0.2, 0.25) is 0 Å². The number of rotatable bonds is 2. The number of Topliss-reactive ketones (excluding diaryl/α,β-unsaturated/α-hetero) is 1. The van der Waals surface area contributed by atoms with Gasteiger partial charge in [0, 0.05) is 17.5 Å². The summed E-state index contributed by atoms with van der Waals surface area (Å²) in [7, 11) is 0. The molecule has 2 atom stereocenters. The van der Waals surface area contributed by atoms with E-state index in [1.54, 1.807) is 19.1 Å². The van der Waals surface area contributed by atoms with Gasteiger partial charge in [-0.2, -0.15) is 0 Å². The number of halogens is 1. The van der Waals surface area contributed by atoms with Crippen molar-refractivity contribution in [1.82, 2.24) is 0 Å². The Bertz CT molecular complexity index is 416. The van der Waals surface area contributed by atoms with Gasteiger partial charge in [-0.1, -0.05) is 18.6 Å². The van der Waals surface area contributed by atoms with Crippen LogP contribution < -0.4 is 5.73 Å². The minimum Gasteiger partial charge on any atom is -0.327 e. The summed E-state index contributed by atoms with van der Waals surface area (Å²) < 4.78 is 13.3. The number of ketones is 1. The van der Waals surface area contributed by atoms with E-state index in [-0.39, 0.29) is 23.6 Å². The molecule has 1 saturated carbocycles. The van der Waals surface area contributed by atoms with Gasteiger partial charge >= 0.3 is 0 Å². The van der Waals surface area contributed by atoms with Gasteiger partial charge in [0.05, 0.1) is 0 Å². The molecule has 0 aromatic heterocycles. The molecule has 16 heavy (non-hydrogen) atoms. The summed E-state index contributed by atoms with van der Waals surface area (Å²) in [5.41, 5.74) is 6.88. The van der Waals surface area contributed by atoms with E-state index >= 15 is 0 Å². The number of hydrogen-bond acceptors (Lipinski definition) is 2. The third-order valence-electron chi connectivity index (χ3n) is 3.36. The molecule has 1 aromatic rings. The zero-order valence-electron chi connectivity index (χ0n) is 9.37. The molecule has 2 rings (SSSR count). The highest BCUT2D eigenvalue weighted by atomic mass is 19.1. The van der Waals surface area contributed by atoms with Crippen molar-refractivity contribution < 1.29 is 9.18 Å². The third-order valence-corrected chi connectivity index (χ3v) is 3.36. The minimum absolute atomic E-state index is 0.0103. The molecule has 0 amide bonds. The van der Waals surface area contributed by atoms with Crippen LogP contribution in [0.5, 0.6) is 0 Å². The molecule has 1 aliphatic rings. The van der Waals surface area contributed by atoms with E-state index in [1.807, 2.05) is 0 Å². The zero-order valence-corrected chi connectivity index (χ0v) is 9.37. The summed E-state index contributed by atoms with van der Waals surface area (Å²) in [5.74, 6) is -0.455. The largest absolute Gasteiger partial charge is 0.327 e. The summed E-state index contributed by atoms with van der Waals surface area (Å²) >= 11 is 0. The van der Waals surface area contributed by atoms with Crippen molar-refractivity contribution in [1.29, 1.82) is 0 Å². The average Bonchev–Trinajstić information content (AvgIpc) is 2.67. The smallest absolute Gasteiger partial charge is 0.167 e. The van der Waals surface area contributed by atoms with Gasteiger partial charge in [0.15, 0.2) is 5.78 Å². The van der Waals surface area contributed by atoms with Crippen molar-refractivity contribution in [3.63, 3.8) is 0 Å². The van der Waals surface area contributed by atoms with Crippen LogP contribution >= 0.6 is 0 Å². The maximum absolute atomic E-state index is 13.3. The van der Waals surface area contributed by atoms with Crippen molar-refractivity contribution in [2.24, 2.45) is 11.7 Å². The molecule has 1 aromatic carbocycles. The molecule has 3 heteroatoms. The van der Waals surface area contributed by atoms with Crippen molar-refractivity contribution in [2.45, 2.75) is 32.2 Å². The zero-order chi connectivity index (χ0) is 11.7. The van der Waals surface area contributed by atoms with Crippen LogP contribution in [0.15, 0.2) is 18.2 Å². The molecule has 2 nitrogen and oxygen atoms in total. The first kappa shape index (κ1) is 11.3. The fourth-order valence-electron chi connectivity index (χ4n) is 2.27. The van der Waals surface area contributed by atoms with Gasteiger partial charge in [0.25, 0.3) is 0 Å². The van der Waals surface area contributed by atoms with Crippen LogP contribution in [0.3, 0.4) is 0 Å². The molecule has 0 bridgehead atoms. The summed E-state index contributed by atoms with van der Waals surface area (Å²) in [6.45, 7) is 1.69.